The quantitative estimate of drug-likeness (QED) is 0.421. The summed E-state index contributed by atoms with van der Waals surface area (Å²) < 4.78 is 11.2. The minimum atomic E-state index is -0.0405. The molecule has 0 spiro atoms. The molecule has 0 heterocycles. The molecule has 0 aromatic rings. The third kappa shape index (κ3) is 17.9. The van der Waals surface area contributed by atoms with Crippen LogP contribution >= 0.6 is 0 Å². The van der Waals surface area contributed by atoms with Crippen molar-refractivity contribution in [2.24, 2.45) is 0 Å². The Morgan fingerprint density at radius 3 is 1.68 bits per heavy atom. The second-order valence-electron chi connectivity index (χ2n) is 6.40. The van der Waals surface area contributed by atoms with Crippen LogP contribution in [0.5, 0.6) is 0 Å². The summed E-state index contributed by atoms with van der Waals surface area (Å²) in [5.74, 6) is 0. The van der Waals surface area contributed by atoms with Crippen LogP contribution in [0.15, 0.2) is 0 Å². The van der Waals surface area contributed by atoms with Gasteiger partial charge in [0, 0.05) is 6.61 Å². The lowest BCUT2D eigenvalue weighted by atomic mass is 10.1. The van der Waals surface area contributed by atoms with Gasteiger partial charge in [-0.05, 0) is 27.2 Å². The summed E-state index contributed by atoms with van der Waals surface area (Å²) in [6, 6.07) is 0. The molecule has 19 heavy (non-hydrogen) atoms. The Morgan fingerprint density at radius 1 is 0.632 bits per heavy atom. The van der Waals surface area contributed by atoms with Crippen molar-refractivity contribution in [3.63, 3.8) is 0 Å². The predicted octanol–water partition coefficient (Wildman–Crippen LogP) is 5.35. The van der Waals surface area contributed by atoms with Crippen molar-refractivity contribution in [2.75, 3.05) is 19.8 Å². The van der Waals surface area contributed by atoms with Crippen molar-refractivity contribution in [3.05, 3.63) is 0 Å². The molecule has 0 aliphatic carbocycles. The van der Waals surface area contributed by atoms with E-state index in [1.54, 1.807) is 0 Å². The third-order valence-electron chi connectivity index (χ3n) is 3.15. The van der Waals surface area contributed by atoms with Crippen LogP contribution in [0.4, 0.5) is 0 Å². The Labute approximate surface area is 121 Å². The van der Waals surface area contributed by atoms with Gasteiger partial charge in [-0.3, -0.25) is 0 Å². The van der Waals surface area contributed by atoms with Crippen LogP contribution in [0.1, 0.15) is 85.5 Å². The van der Waals surface area contributed by atoms with Crippen LogP contribution in [-0.4, -0.2) is 25.4 Å². The first kappa shape index (κ1) is 18.9. The van der Waals surface area contributed by atoms with E-state index in [-0.39, 0.29) is 5.60 Å². The van der Waals surface area contributed by atoms with E-state index in [1.165, 1.54) is 57.8 Å². The fourth-order valence-corrected chi connectivity index (χ4v) is 2.02. The van der Waals surface area contributed by atoms with Gasteiger partial charge in [0.1, 0.15) is 0 Å². The molecule has 0 rings (SSSR count). The van der Waals surface area contributed by atoms with Crippen molar-refractivity contribution in [2.45, 2.75) is 91.1 Å². The maximum atomic E-state index is 5.60. The highest BCUT2D eigenvalue weighted by Crippen LogP contribution is 2.09. The molecule has 0 N–H and O–H groups in total. The molecule has 0 atom stereocenters. The molecule has 0 aromatic heterocycles. The number of hydrogen-bond donors (Lipinski definition) is 0. The summed E-state index contributed by atoms with van der Waals surface area (Å²) in [6.07, 6.45) is 12.3. The molecule has 0 unspecified atom stereocenters. The summed E-state index contributed by atoms with van der Waals surface area (Å²) >= 11 is 0. The Kier molecular flexibility index (Phi) is 12.9. The Hall–Kier alpha value is -0.0800. The zero-order valence-electron chi connectivity index (χ0n) is 13.8. The van der Waals surface area contributed by atoms with E-state index in [0.29, 0.717) is 6.61 Å². The highest BCUT2D eigenvalue weighted by atomic mass is 16.5. The smallest absolute Gasteiger partial charge is 0.0707 e. The van der Waals surface area contributed by atoms with Crippen molar-refractivity contribution in [3.8, 4) is 0 Å². The predicted molar refractivity (Wildman–Crippen MR) is 83.8 cm³/mol. The summed E-state index contributed by atoms with van der Waals surface area (Å²) in [5, 5.41) is 0. The molecule has 2 heteroatoms. The highest BCUT2D eigenvalue weighted by Gasteiger charge is 2.08. The standard InChI is InChI=1S/C17H36O2/c1-5-6-7-8-9-10-11-12-13-14-18-15-16-19-17(2,3)4/h5-16H2,1-4H3. The number of unbranched alkanes of at least 4 members (excludes halogenated alkanes) is 8. The molecule has 2 nitrogen and oxygen atoms in total. The highest BCUT2D eigenvalue weighted by molar-refractivity contribution is 4.57. The first-order chi connectivity index (χ1) is 9.06. The van der Waals surface area contributed by atoms with Crippen LogP contribution in [0, 0.1) is 0 Å². The Bertz CT molecular complexity index is 173. The second-order valence-corrected chi connectivity index (χ2v) is 6.40. The average Bonchev–Trinajstić information content (AvgIpc) is 2.34. The maximum Gasteiger partial charge on any atom is 0.0707 e. The molecule has 0 radical (unpaired) electrons. The first-order valence-electron chi connectivity index (χ1n) is 8.28. The van der Waals surface area contributed by atoms with E-state index >= 15 is 0 Å². The molecule has 0 saturated heterocycles. The zero-order chi connectivity index (χ0) is 14.4. The largest absolute Gasteiger partial charge is 0.379 e. The molecule has 0 amide bonds. The second kappa shape index (κ2) is 12.9. The molecule has 0 aliphatic heterocycles. The van der Waals surface area contributed by atoms with Crippen molar-refractivity contribution < 1.29 is 9.47 Å². The van der Waals surface area contributed by atoms with Gasteiger partial charge in [-0.15, -0.1) is 0 Å². The van der Waals surface area contributed by atoms with E-state index in [4.69, 9.17) is 9.47 Å². The molecule has 0 aromatic carbocycles. The van der Waals surface area contributed by atoms with Gasteiger partial charge in [-0.2, -0.15) is 0 Å². The summed E-state index contributed by atoms with van der Waals surface area (Å²) in [6.45, 7) is 10.8. The maximum absolute atomic E-state index is 5.60. The topological polar surface area (TPSA) is 18.5 Å². The fourth-order valence-electron chi connectivity index (χ4n) is 2.02. The van der Waals surface area contributed by atoms with Crippen molar-refractivity contribution in [1.82, 2.24) is 0 Å². The van der Waals surface area contributed by atoms with Crippen LogP contribution in [0.2, 0.25) is 0 Å². The Morgan fingerprint density at radius 2 is 1.16 bits per heavy atom. The van der Waals surface area contributed by atoms with Gasteiger partial charge in [0.25, 0.3) is 0 Å². The minimum absolute atomic E-state index is 0.0405. The van der Waals surface area contributed by atoms with Gasteiger partial charge < -0.3 is 9.47 Å². The third-order valence-corrected chi connectivity index (χ3v) is 3.15. The van der Waals surface area contributed by atoms with Gasteiger partial charge in [0.2, 0.25) is 0 Å². The summed E-state index contributed by atoms with van der Waals surface area (Å²) in [7, 11) is 0. The SMILES string of the molecule is CCCCCCCCCCCOCCOC(C)(C)C. The first-order valence-corrected chi connectivity index (χ1v) is 8.28. The molecule has 116 valence electrons. The lowest BCUT2D eigenvalue weighted by Crippen LogP contribution is -2.21. The lowest BCUT2D eigenvalue weighted by Gasteiger charge is -2.19. The molecule has 0 bridgehead atoms. The minimum Gasteiger partial charge on any atom is -0.379 e. The molecule has 0 fully saturated rings. The van der Waals surface area contributed by atoms with Gasteiger partial charge in [0.15, 0.2) is 0 Å². The van der Waals surface area contributed by atoms with Crippen LogP contribution in [-0.2, 0) is 9.47 Å². The molecular formula is C17H36O2. The fraction of sp³-hybridized carbons (Fsp3) is 1.00. The van der Waals surface area contributed by atoms with Crippen LogP contribution < -0.4 is 0 Å². The van der Waals surface area contributed by atoms with Crippen LogP contribution in [0.25, 0.3) is 0 Å². The van der Waals surface area contributed by atoms with E-state index in [2.05, 4.69) is 27.7 Å². The van der Waals surface area contributed by atoms with Crippen molar-refractivity contribution >= 4 is 0 Å². The summed E-state index contributed by atoms with van der Waals surface area (Å²) in [5.41, 5.74) is -0.0405. The average molecular weight is 272 g/mol. The molecule has 0 saturated carbocycles. The Balaban J connectivity index is 2.99. The number of hydrogen-bond acceptors (Lipinski definition) is 2. The number of rotatable bonds is 13. The van der Waals surface area contributed by atoms with Gasteiger partial charge in [-0.1, -0.05) is 58.3 Å². The molecular weight excluding hydrogens is 236 g/mol. The van der Waals surface area contributed by atoms with Crippen molar-refractivity contribution in [1.29, 1.82) is 0 Å². The van der Waals surface area contributed by atoms with E-state index in [1.807, 2.05) is 0 Å². The normalized spacial score (nSPS) is 12.0. The lowest BCUT2D eigenvalue weighted by molar-refractivity contribution is -0.0351. The van der Waals surface area contributed by atoms with E-state index < -0.39 is 0 Å². The summed E-state index contributed by atoms with van der Waals surface area (Å²) in [4.78, 5) is 0. The van der Waals surface area contributed by atoms with E-state index in [9.17, 15) is 0 Å². The van der Waals surface area contributed by atoms with Crippen LogP contribution in [0.3, 0.4) is 0 Å². The van der Waals surface area contributed by atoms with Gasteiger partial charge >= 0.3 is 0 Å². The van der Waals surface area contributed by atoms with Gasteiger partial charge in [0.05, 0.1) is 18.8 Å². The van der Waals surface area contributed by atoms with E-state index in [0.717, 1.165) is 13.2 Å². The monoisotopic (exact) mass is 272 g/mol. The van der Waals surface area contributed by atoms with Gasteiger partial charge in [-0.25, -0.2) is 0 Å². The number of ether oxygens (including phenoxy) is 2. The molecule has 0 aliphatic rings. The zero-order valence-corrected chi connectivity index (χ0v) is 13.8.